The molecule has 15 heavy (non-hydrogen) atoms. The number of halogens is 1. The lowest BCUT2D eigenvalue weighted by Gasteiger charge is -2.21. The van der Waals surface area contributed by atoms with Gasteiger partial charge in [-0.1, -0.05) is 38.4 Å². The third-order valence-electron chi connectivity index (χ3n) is 2.35. The van der Waals surface area contributed by atoms with Gasteiger partial charge in [-0.3, -0.25) is 0 Å². The minimum absolute atomic E-state index is 0.00393. The first-order valence-electron chi connectivity index (χ1n) is 4.99. The van der Waals surface area contributed by atoms with Gasteiger partial charge in [-0.25, -0.2) is 4.98 Å². The van der Waals surface area contributed by atoms with E-state index in [1.165, 1.54) is 0 Å². The number of ether oxygens (including phenoxy) is 1. The zero-order valence-corrected chi connectivity index (χ0v) is 9.93. The SMILES string of the molecule is CC(C)(C)c1cc2c(c(Cl)n1)OCC=C2. The number of pyridine rings is 1. The van der Waals surface area contributed by atoms with Crippen molar-refractivity contribution in [2.45, 2.75) is 26.2 Å². The molecule has 2 heterocycles. The molecule has 0 radical (unpaired) electrons. The number of aromatic nitrogens is 1. The Bertz CT molecular complexity index is 418. The van der Waals surface area contributed by atoms with Crippen molar-refractivity contribution in [2.75, 3.05) is 6.61 Å². The fourth-order valence-electron chi connectivity index (χ4n) is 1.48. The second-order valence-electron chi connectivity index (χ2n) is 4.68. The predicted octanol–water partition coefficient (Wildman–Crippen LogP) is 3.44. The third-order valence-corrected chi connectivity index (χ3v) is 2.61. The molecule has 0 atom stereocenters. The van der Waals surface area contributed by atoms with Crippen molar-refractivity contribution < 1.29 is 4.74 Å². The van der Waals surface area contributed by atoms with Crippen LogP contribution < -0.4 is 4.74 Å². The molecule has 0 saturated carbocycles. The first-order chi connectivity index (χ1) is 6.98. The molecule has 1 aliphatic heterocycles. The van der Waals surface area contributed by atoms with Gasteiger partial charge in [0, 0.05) is 16.7 Å². The summed E-state index contributed by atoms with van der Waals surface area (Å²) in [5.74, 6) is 0.701. The van der Waals surface area contributed by atoms with Gasteiger partial charge in [0.2, 0.25) is 0 Å². The van der Waals surface area contributed by atoms with Crippen LogP contribution in [0.3, 0.4) is 0 Å². The second-order valence-corrected chi connectivity index (χ2v) is 5.04. The number of hydrogen-bond acceptors (Lipinski definition) is 2. The van der Waals surface area contributed by atoms with Crippen LogP contribution in [0, 0.1) is 0 Å². The van der Waals surface area contributed by atoms with Crippen LogP contribution in [0.15, 0.2) is 12.1 Å². The zero-order chi connectivity index (χ0) is 11.1. The average Bonchev–Trinajstić information content (AvgIpc) is 2.16. The lowest BCUT2D eigenvalue weighted by Crippen LogP contribution is -2.15. The maximum atomic E-state index is 6.08. The molecule has 0 aromatic carbocycles. The van der Waals surface area contributed by atoms with E-state index in [1.807, 2.05) is 18.2 Å². The summed E-state index contributed by atoms with van der Waals surface area (Å²) in [5, 5.41) is 0.460. The summed E-state index contributed by atoms with van der Waals surface area (Å²) >= 11 is 6.08. The molecule has 3 heteroatoms. The summed E-state index contributed by atoms with van der Waals surface area (Å²) in [5.41, 5.74) is 2.01. The van der Waals surface area contributed by atoms with E-state index in [0.29, 0.717) is 17.5 Å². The zero-order valence-electron chi connectivity index (χ0n) is 9.17. The van der Waals surface area contributed by atoms with E-state index < -0.39 is 0 Å². The molecular weight excluding hydrogens is 210 g/mol. The normalized spacial score (nSPS) is 14.7. The van der Waals surface area contributed by atoms with Crippen molar-refractivity contribution in [1.29, 1.82) is 0 Å². The summed E-state index contributed by atoms with van der Waals surface area (Å²) < 4.78 is 5.44. The topological polar surface area (TPSA) is 22.1 Å². The molecule has 0 unspecified atom stereocenters. The van der Waals surface area contributed by atoms with Gasteiger partial charge in [-0.15, -0.1) is 0 Å². The fourth-order valence-corrected chi connectivity index (χ4v) is 1.73. The summed E-state index contributed by atoms with van der Waals surface area (Å²) in [6, 6.07) is 2.04. The first kappa shape index (κ1) is 10.5. The Balaban J connectivity index is 2.56. The van der Waals surface area contributed by atoms with Crippen molar-refractivity contribution in [2.24, 2.45) is 0 Å². The van der Waals surface area contributed by atoms with E-state index in [0.717, 1.165) is 11.3 Å². The molecule has 0 amide bonds. The Labute approximate surface area is 94.9 Å². The molecule has 0 spiro atoms. The smallest absolute Gasteiger partial charge is 0.171 e. The van der Waals surface area contributed by atoms with Crippen molar-refractivity contribution in [3.8, 4) is 5.75 Å². The van der Waals surface area contributed by atoms with Gasteiger partial charge < -0.3 is 4.74 Å². The minimum Gasteiger partial charge on any atom is -0.486 e. The molecule has 0 fully saturated rings. The van der Waals surface area contributed by atoms with E-state index in [2.05, 4.69) is 25.8 Å². The summed E-state index contributed by atoms with van der Waals surface area (Å²) in [7, 11) is 0. The maximum absolute atomic E-state index is 6.08. The van der Waals surface area contributed by atoms with Crippen molar-refractivity contribution in [1.82, 2.24) is 4.98 Å². The quantitative estimate of drug-likeness (QED) is 0.629. The maximum Gasteiger partial charge on any atom is 0.171 e. The van der Waals surface area contributed by atoms with Crippen LogP contribution >= 0.6 is 11.6 Å². The van der Waals surface area contributed by atoms with Gasteiger partial charge in [0.25, 0.3) is 0 Å². The Morgan fingerprint density at radius 2 is 2.13 bits per heavy atom. The number of hydrogen-bond donors (Lipinski definition) is 0. The van der Waals surface area contributed by atoms with E-state index in [1.54, 1.807) is 0 Å². The van der Waals surface area contributed by atoms with E-state index >= 15 is 0 Å². The molecule has 1 aliphatic rings. The van der Waals surface area contributed by atoms with Crippen LogP contribution in [0.2, 0.25) is 5.15 Å². The summed E-state index contributed by atoms with van der Waals surface area (Å²) in [6.07, 6.45) is 4.01. The number of rotatable bonds is 0. The second kappa shape index (κ2) is 3.53. The lowest BCUT2D eigenvalue weighted by atomic mass is 9.90. The molecule has 0 bridgehead atoms. The molecule has 2 rings (SSSR count). The van der Waals surface area contributed by atoms with Crippen LogP contribution in [0.5, 0.6) is 5.75 Å². The van der Waals surface area contributed by atoms with E-state index in [4.69, 9.17) is 16.3 Å². The Hall–Kier alpha value is -1.02. The molecule has 2 nitrogen and oxygen atoms in total. The Kier molecular flexibility index (Phi) is 2.47. The standard InChI is InChI=1S/C12H14ClNO/c1-12(2,3)9-7-8-5-4-6-15-10(8)11(13)14-9/h4-5,7H,6H2,1-3H3. The van der Waals surface area contributed by atoms with Crippen LogP contribution in [0.25, 0.3) is 6.08 Å². The van der Waals surface area contributed by atoms with E-state index in [-0.39, 0.29) is 5.41 Å². The van der Waals surface area contributed by atoms with Crippen molar-refractivity contribution >= 4 is 17.7 Å². The minimum atomic E-state index is 0.00393. The Morgan fingerprint density at radius 1 is 1.40 bits per heavy atom. The number of fused-ring (bicyclic) bond motifs is 1. The first-order valence-corrected chi connectivity index (χ1v) is 5.36. The van der Waals surface area contributed by atoms with Gasteiger partial charge in [0.15, 0.2) is 10.9 Å². The van der Waals surface area contributed by atoms with Crippen LogP contribution in [-0.4, -0.2) is 11.6 Å². The molecular formula is C12H14ClNO. The highest BCUT2D eigenvalue weighted by molar-refractivity contribution is 6.31. The fraction of sp³-hybridized carbons (Fsp3) is 0.417. The van der Waals surface area contributed by atoms with Gasteiger partial charge in [-0.05, 0) is 12.1 Å². The van der Waals surface area contributed by atoms with Crippen LogP contribution in [0.4, 0.5) is 0 Å². The van der Waals surface area contributed by atoms with Gasteiger partial charge in [-0.2, -0.15) is 0 Å². The average molecular weight is 224 g/mol. The number of nitrogens with zero attached hydrogens (tertiary/aromatic N) is 1. The monoisotopic (exact) mass is 223 g/mol. The predicted molar refractivity (Wildman–Crippen MR) is 62.5 cm³/mol. The van der Waals surface area contributed by atoms with Gasteiger partial charge >= 0.3 is 0 Å². The van der Waals surface area contributed by atoms with Crippen molar-refractivity contribution in [3.05, 3.63) is 28.6 Å². The molecule has 0 N–H and O–H groups in total. The molecule has 0 aliphatic carbocycles. The molecule has 1 aromatic rings. The highest BCUT2D eigenvalue weighted by Gasteiger charge is 2.20. The highest BCUT2D eigenvalue weighted by Crippen LogP contribution is 2.34. The van der Waals surface area contributed by atoms with Gasteiger partial charge in [0.1, 0.15) is 6.61 Å². The van der Waals surface area contributed by atoms with Crippen LogP contribution in [-0.2, 0) is 5.41 Å². The van der Waals surface area contributed by atoms with Gasteiger partial charge in [0.05, 0.1) is 0 Å². The highest BCUT2D eigenvalue weighted by atomic mass is 35.5. The third kappa shape index (κ3) is 2.00. The largest absolute Gasteiger partial charge is 0.486 e. The van der Waals surface area contributed by atoms with Crippen molar-refractivity contribution in [3.63, 3.8) is 0 Å². The molecule has 0 saturated heterocycles. The molecule has 1 aromatic heterocycles. The van der Waals surface area contributed by atoms with Crippen LogP contribution in [0.1, 0.15) is 32.0 Å². The summed E-state index contributed by atoms with van der Waals surface area (Å²) in [4.78, 5) is 4.36. The molecule has 80 valence electrons. The van der Waals surface area contributed by atoms with E-state index in [9.17, 15) is 0 Å². The lowest BCUT2D eigenvalue weighted by molar-refractivity contribution is 0.356. The summed E-state index contributed by atoms with van der Waals surface area (Å²) in [6.45, 7) is 6.92. The Morgan fingerprint density at radius 3 is 2.80 bits per heavy atom.